The van der Waals surface area contributed by atoms with E-state index < -0.39 is 0 Å². The number of thiazole rings is 1. The van der Waals surface area contributed by atoms with Gasteiger partial charge in [-0.05, 0) is 38.8 Å². The first-order valence-electron chi connectivity index (χ1n) is 10.4. The van der Waals surface area contributed by atoms with Crippen molar-refractivity contribution in [2.24, 2.45) is 0 Å². The normalized spacial score (nSPS) is 14.7. The van der Waals surface area contributed by atoms with Crippen LogP contribution < -0.4 is 5.32 Å². The lowest BCUT2D eigenvalue weighted by Crippen LogP contribution is -2.05. The van der Waals surface area contributed by atoms with E-state index in [2.05, 4.69) is 35.2 Å². The monoisotopic (exact) mass is 435 g/mol. The number of anilines is 2. The van der Waals surface area contributed by atoms with Gasteiger partial charge in [-0.15, -0.1) is 11.3 Å². The molecule has 0 amide bonds. The molecule has 8 nitrogen and oxygen atoms in total. The van der Waals surface area contributed by atoms with E-state index in [0.29, 0.717) is 5.69 Å². The Morgan fingerprint density at radius 2 is 2.06 bits per heavy atom. The van der Waals surface area contributed by atoms with Gasteiger partial charge in [-0.3, -0.25) is 0 Å². The highest BCUT2D eigenvalue weighted by Gasteiger charge is 2.41. The zero-order valence-electron chi connectivity index (χ0n) is 17.8. The van der Waals surface area contributed by atoms with E-state index in [1.165, 1.54) is 24.2 Å². The molecule has 0 radical (unpaired) electrons. The van der Waals surface area contributed by atoms with E-state index in [9.17, 15) is 5.11 Å². The second kappa shape index (κ2) is 7.58. The molecule has 1 fully saturated rings. The van der Waals surface area contributed by atoms with E-state index in [0.717, 1.165) is 46.0 Å². The molecule has 1 saturated carbocycles. The number of hydrogen-bond acceptors (Lipinski definition) is 7. The Kier molecular flexibility index (Phi) is 4.86. The number of imidazole rings is 1. The number of nitrogens with zero attached hydrogens (tertiary/aromatic N) is 6. The third kappa shape index (κ3) is 3.75. The highest BCUT2D eigenvalue weighted by atomic mass is 32.1. The van der Waals surface area contributed by atoms with Gasteiger partial charge in [0, 0.05) is 29.6 Å². The lowest BCUT2D eigenvalue weighted by Gasteiger charge is -2.09. The number of rotatable bonds is 7. The van der Waals surface area contributed by atoms with Crippen molar-refractivity contribution in [3.8, 4) is 17.1 Å². The van der Waals surface area contributed by atoms with Crippen LogP contribution in [0, 0.1) is 6.92 Å². The SMILES string of the molecule is CCn1nc(C2(C)CC2)cc1Nc1nc(-c2ccc(-n3cnc(C)c3)c(CO)n2)cs1. The van der Waals surface area contributed by atoms with Gasteiger partial charge in [-0.1, -0.05) is 6.92 Å². The molecule has 0 saturated heterocycles. The number of aromatic nitrogens is 6. The molecule has 160 valence electrons. The van der Waals surface area contributed by atoms with Crippen molar-refractivity contribution >= 4 is 22.3 Å². The van der Waals surface area contributed by atoms with E-state index in [-0.39, 0.29) is 12.0 Å². The van der Waals surface area contributed by atoms with Crippen molar-refractivity contribution in [1.29, 1.82) is 0 Å². The molecule has 0 aromatic carbocycles. The van der Waals surface area contributed by atoms with Crippen LogP contribution in [-0.4, -0.2) is 34.4 Å². The molecule has 0 unspecified atom stereocenters. The average Bonchev–Trinajstić information content (AvgIpc) is 3.16. The third-order valence-corrected chi connectivity index (χ3v) is 6.55. The summed E-state index contributed by atoms with van der Waals surface area (Å²) < 4.78 is 3.86. The summed E-state index contributed by atoms with van der Waals surface area (Å²) in [5, 5.41) is 20.8. The van der Waals surface area contributed by atoms with Crippen LogP contribution in [0.5, 0.6) is 0 Å². The molecule has 4 aromatic heterocycles. The molecule has 1 aliphatic rings. The van der Waals surface area contributed by atoms with Crippen molar-refractivity contribution in [3.63, 3.8) is 0 Å². The van der Waals surface area contributed by atoms with Crippen molar-refractivity contribution in [2.75, 3.05) is 5.32 Å². The molecule has 0 bridgehead atoms. The average molecular weight is 436 g/mol. The number of nitrogens with one attached hydrogen (secondary N) is 1. The van der Waals surface area contributed by atoms with Crippen LogP contribution in [0.4, 0.5) is 10.9 Å². The maximum atomic E-state index is 9.85. The number of hydrogen-bond donors (Lipinski definition) is 2. The lowest BCUT2D eigenvalue weighted by molar-refractivity contribution is 0.276. The molecule has 1 aliphatic carbocycles. The molecule has 4 aromatic rings. The van der Waals surface area contributed by atoms with Crippen molar-refractivity contribution in [1.82, 2.24) is 29.3 Å². The Morgan fingerprint density at radius 3 is 2.74 bits per heavy atom. The fourth-order valence-corrected chi connectivity index (χ4v) is 4.31. The summed E-state index contributed by atoms with van der Waals surface area (Å²) in [6.07, 6.45) is 6.03. The first-order chi connectivity index (χ1) is 15.0. The Bertz CT molecular complexity index is 1230. The van der Waals surface area contributed by atoms with Crippen LogP contribution >= 0.6 is 11.3 Å². The molecule has 2 N–H and O–H groups in total. The van der Waals surface area contributed by atoms with Gasteiger partial charge in [0.25, 0.3) is 0 Å². The van der Waals surface area contributed by atoms with E-state index >= 15 is 0 Å². The number of aryl methyl sites for hydroxylation is 2. The second-order valence-electron chi connectivity index (χ2n) is 8.20. The maximum Gasteiger partial charge on any atom is 0.188 e. The van der Waals surface area contributed by atoms with Crippen LogP contribution in [-0.2, 0) is 18.6 Å². The predicted octanol–water partition coefficient (Wildman–Crippen LogP) is 4.20. The quantitative estimate of drug-likeness (QED) is 0.452. The van der Waals surface area contributed by atoms with Crippen LogP contribution in [0.25, 0.3) is 17.1 Å². The van der Waals surface area contributed by atoms with Gasteiger partial charge in [0.15, 0.2) is 5.13 Å². The van der Waals surface area contributed by atoms with Gasteiger partial charge >= 0.3 is 0 Å². The zero-order chi connectivity index (χ0) is 21.6. The van der Waals surface area contributed by atoms with Crippen LogP contribution in [0.3, 0.4) is 0 Å². The topological polar surface area (TPSA) is 93.7 Å². The summed E-state index contributed by atoms with van der Waals surface area (Å²) in [4.78, 5) is 13.6. The Labute approximate surface area is 184 Å². The first-order valence-corrected chi connectivity index (χ1v) is 11.3. The molecule has 5 rings (SSSR count). The minimum atomic E-state index is -0.160. The summed E-state index contributed by atoms with van der Waals surface area (Å²) in [6.45, 7) is 6.92. The molecular weight excluding hydrogens is 410 g/mol. The van der Waals surface area contributed by atoms with Crippen LogP contribution in [0.1, 0.15) is 43.8 Å². The van der Waals surface area contributed by atoms with E-state index in [1.54, 1.807) is 6.33 Å². The first kappa shape index (κ1) is 19.9. The number of pyridine rings is 1. The molecular formula is C22H25N7OS. The van der Waals surface area contributed by atoms with Crippen molar-refractivity contribution in [2.45, 2.75) is 52.2 Å². The van der Waals surface area contributed by atoms with Gasteiger partial charge in [-0.25, -0.2) is 19.6 Å². The van der Waals surface area contributed by atoms with E-state index in [1.807, 2.05) is 39.9 Å². The van der Waals surface area contributed by atoms with Crippen molar-refractivity contribution < 1.29 is 5.11 Å². The Hall–Kier alpha value is -3.04. The molecule has 31 heavy (non-hydrogen) atoms. The summed E-state index contributed by atoms with van der Waals surface area (Å²) in [5.74, 6) is 0.960. The predicted molar refractivity (Wildman–Crippen MR) is 121 cm³/mol. The van der Waals surface area contributed by atoms with Crippen LogP contribution in [0.15, 0.2) is 36.1 Å². The van der Waals surface area contributed by atoms with Gasteiger partial charge in [0.05, 0.1) is 41.4 Å². The third-order valence-electron chi connectivity index (χ3n) is 5.79. The molecule has 4 heterocycles. The smallest absolute Gasteiger partial charge is 0.188 e. The largest absolute Gasteiger partial charge is 0.390 e. The highest BCUT2D eigenvalue weighted by Crippen LogP contribution is 2.47. The van der Waals surface area contributed by atoms with Gasteiger partial charge < -0.3 is 15.0 Å². The number of aliphatic hydroxyl groups excluding tert-OH is 1. The minimum absolute atomic E-state index is 0.160. The Morgan fingerprint density at radius 1 is 1.23 bits per heavy atom. The lowest BCUT2D eigenvalue weighted by atomic mass is 10.1. The fraction of sp³-hybridized carbons (Fsp3) is 0.364. The van der Waals surface area contributed by atoms with Crippen LogP contribution in [0.2, 0.25) is 0 Å². The second-order valence-corrected chi connectivity index (χ2v) is 9.05. The Balaban J connectivity index is 1.40. The van der Waals surface area contributed by atoms with Gasteiger partial charge in [0.2, 0.25) is 0 Å². The van der Waals surface area contributed by atoms with E-state index in [4.69, 9.17) is 10.1 Å². The zero-order valence-corrected chi connectivity index (χ0v) is 18.6. The minimum Gasteiger partial charge on any atom is -0.390 e. The fourth-order valence-electron chi connectivity index (χ4n) is 3.60. The number of aliphatic hydroxyl groups is 1. The molecule has 0 atom stereocenters. The molecule has 0 aliphatic heterocycles. The highest BCUT2D eigenvalue weighted by molar-refractivity contribution is 7.14. The molecule has 9 heteroatoms. The van der Waals surface area contributed by atoms with Crippen molar-refractivity contribution in [3.05, 3.63) is 53.2 Å². The summed E-state index contributed by atoms with van der Waals surface area (Å²) in [5.41, 5.74) is 5.18. The van der Waals surface area contributed by atoms with Gasteiger partial charge in [0.1, 0.15) is 11.5 Å². The van der Waals surface area contributed by atoms with Gasteiger partial charge in [-0.2, -0.15) is 5.10 Å². The molecule has 0 spiro atoms. The summed E-state index contributed by atoms with van der Waals surface area (Å²) in [6, 6.07) is 6.00. The maximum absolute atomic E-state index is 9.85. The summed E-state index contributed by atoms with van der Waals surface area (Å²) >= 11 is 1.53. The standard InChI is InChI=1S/C22H25N7OS/c1-4-29-20(9-19(27-29)22(3)7-8-22)26-21-25-17(12-31-21)15-5-6-18(16(11-30)24-15)28-10-14(2)23-13-28/h5-6,9-10,12-13,30H,4,7-8,11H2,1-3H3,(H,25,26). The summed E-state index contributed by atoms with van der Waals surface area (Å²) in [7, 11) is 0.